The summed E-state index contributed by atoms with van der Waals surface area (Å²) in [7, 11) is 0. The van der Waals surface area contributed by atoms with E-state index in [-0.39, 0.29) is 17.9 Å². The third kappa shape index (κ3) is 2.32. The van der Waals surface area contributed by atoms with Crippen LogP contribution in [0.25, 0.3) is 0 Å². The molecule has 106 valence electrons. The fourth-order valence-corrected chi connectivity index (χ4v) is 2.85. The Bertz CT molecular complexity index is 595. The van der Waals surface area contributed by atoms with E-state index in [1.54, 1.807) is 12.4 Å². The van der Waals surface area contributed by atoms with Crippen LogP contribution >= 0.6 is 0 Å². The molecule has 0 aliphatic carbocycles. The third-order valence-electron chi connectivity index (χ3n) is 3.78. The number of fused-ring (bicyclic) bond motifs is 1. The van der Waals surface area contributed by atoms with E-state index in [2.05, 4.69) is 15.1 Å². The molecule has 2 aromatic rings. The monoisotopic (exact) mass is 275 g/mol. The van der Waals surface area contributed by atoms with Crippen molar-refractivity contribution in [2.24, 2.45) is 5.73 Å². The van der Waals surface area contributed by atoms with Crippen LogP contribution in [0.2, 0.25) is 0 Å². The molecule has 3 rings (SSSR count). The van der Waals surface area contributed by atoms with Gasteiger partial charge in [-0.15, -0.1) is 10.2 Å². The predicted molar refractivity (Wildman–Crippen MR) is 73.2 cm³/mol. The number of rotatable bonds is 3. The van der Waals surface area contributed by atoms with Gasteiger partial charge in [-0.1, -0.05) is 18.2 Å². The van der Waals surface area contributed by atoms with Gasteiger partial charge in [0.15, 0.2) is 0 Å². The summed E-state index contributed by atoms with van der Waals surface area (Å²) < 4.78 is 16.1. The lowest BCUT2D eigenvalue weighted by atomic mass is 9.98. The lowest BCUT2D eigenvalue weighted by molar-refractivity contribution is 0.133. The third-order valence-corrected chi connectivity index (χ3v) is 3.78. The van der Waals surface area contributed by atoms with E-state index in [0.29, 0.717) is 12.1 Å². The first-order chi connectivity index (χ1) is 9.66. The van der Waals surface area contributed by atoms with Gasteiger partial charge < -0.3 is 10.3 Å². The SMILES string of the molecule is CC(N)C(c1ccccc1F)N1CCn2cnnc2C1. The first-order valence-corrected chi connectivity index (χ1v) is 6.77. The summed E-state index contributed by atoms with van der Waals surface area (Å²) >= 11 is 0. The van der Waals surface area contributed by atoms with Gasteiger partial charge in [0.2, 0.25) is 0 Å². The van der Waals surface area contributed by atoms with Gasteiger partial charge in [-0.05, 0) is 13.0 Å². The zero-order valence-corrected chi connectivity index (χ0v) is 11.4. The molecule has 0 fully saturated rings. The van der Waals surface area contributed by atoms with Crippen LogP contribution in [-0.2, 0) is 13.1 Å². The maximum Gasteiger partial charge on any atom is 0.147 e. The van der Waals surface area contributed by atoms with Crippen molar-refractivity contribution >= 4 is 0 Å². The van der Waals surface area contributed by atoms with Crippen LogP contribution in [0.15, 0.2) is 30.6 Å². The molecule has 0 radical (unpaired) electrons. The van der Waals surface area contributed by atoms with E-state index in [9.17, 15) is 4.39 Å². The molecule has 1 aliphatic rings. The van der Waals surface area contributed by atoms with Crippen molar-refractivity contribution in [3.63, 3.8) is 0 Å². The fourth-order valence-electron chi connectivity index (χ4n) is 2.85. The zero-order valence-electron chi connectivity index (χ0n) is 11.4. The quantitative estimate of drug-likeness (QED) is 0.918. The van der Waals surface area contributed by atoms with Crippen LogP contribution < -0.4 is 5.73 Å². The standard InChI is InChI=1S/C14H18FN5/c1-10(16)14(11-4-2-3-5-12(11)15)19-6-7-20-9-17-18-13(20)8-19/h2-5,9-10,14H,6-8,16H2,1H3. The molecule has 1 aliphatic heterocycles. The predicted octanol–water partition coefficient (Wildman–Crippen LogP) is 1.32. The summed E-state index contributed by atoms with van der Waals surface area (Å²) in [6.07, 6.45) is 1.73. The highest BCUT2D eigenvalue weighted by Gasteiger charge is 2.29. The van der Waals surface area contributed by atoms with Crippen LogP contribution in [0.1, 0.15) is 24.4 Å². The summed E-state index contributed by atoms with van der Waals surface area (Å²) in [5.74, 6) is 0.695. The van der Waals surface area contributed by atoms with Crippen molar-refractivity contribution in [2.45, 2.75) is 32.1 Å². The molecule has 0 amide bonds. The van der Waals surface area contributed by atoms with Crippen molar-refractivity contribution in [2.75, 3.05) is 6.54 Å². The number of halogens is 1. The lowest BCUT2D eigenvalue weighted by Crippen LogP contribution is -2.43. The van der Waals surface area contributed by atoms with Gasteiger partial charge in [0.25, 0.3) is 0 Å². The minimum atomic E-state index is -0.207. The van der Waals surface area contributed by atoms with E-state index in [1.807, 2.05) is 23.6 Å². The molecule has 1 aromatic heterocycles. The molecule has 0 saturated heterocycles. The number of aromatic nitrogens is 3. The molecular formula is C14H18FN5. The van der Waals surface area contributed by atoms with Crippen molar-refractivity contribution < 1.29 is 4.39 Å². The van der Waals surface area contributed by atoms with Gasteiger partial charge >= 0.3 is 0 Å². The Labute approximate surface area is 117 Å². The lowest BCUT2D eigenvalue weighted by Gasteiger charge is -2.36. The highest BCUT2D eigenvalue weighted by Crippen LogP contribution is 2.28. The molecule has 6 heteroatoms. The van der Waals surface area contributed by atoms with Gasteiger partial charge in [0.1, 0.15) is 18.0 Å². The summed E-state index contributed by atoms with van der Waals surface area (Å²) in [6, 6.07) is 6.52. The molecule has 1 aromatic carbocycles. The molecule has 20 heavy (non-hydrogen) atoms. The second-order valence-corrected chi connectivity index (χ2v) is 5.24. The average Bonchev–Trinajstić information content (AvgIpc) is 2.88. The van der Waals surface area contributed by atoms with Gasteiger partial charge in [0.05, 0.1) is 12.6 Å². The van der Waals surface area contributed by atoms with E-state index >= 15 is 0 Å². The van der Waals surface area contributed by atoms with Crippen LogP contribution in [-0.4, -0.2) is 32.3 Å². The highest BCUT2D eigenvalue weighted by atomic mass is 19.1. The molecule has 2 heterocycles. The Hall–Kier alpha value is -1.79. The van der Waals surface area contributed by atoms with Gasteiger partial charge in [-0.25, -0.2) is 4.39 Å². The molecule has 2 N–H and O–H groups in total. The molecule has 2 unspecified atom stereocenters. The zero-order chi connectivity index (χ0) is 14.1. The molecule has 0 spiro atoms. The Balaban J connectivity index is 1.91. The molecule has 0 bridgehead atoms. The maximum atomic E-state index is 14.1. The summed E-state index contributed by atoms with van der Waals surface area (Å²) in [6.45, 7) is 4.17. The number of benzene rings is 1. The molecule has 5 nitrogen and oxygen atoms in total. The molecular weight excluding hydrogens is 257 g/mol. The Morgan fingerprint density at radius 2 is 2.10 bits per heavy atom. The Kier molecular flexibility index (Phi) is 3.50. The van der Waals surface area contributed by atoms with E-state index in [4.69, 9.17) is 5.73 Å². The fraction of sp³-hybridized carbons (Fsp3) is 0.429. The van der Waals surface area contributed by atoms with Gasteiger partial charge in [-0.3, -0.25) is 4.90 Å². The van der Waals surface area contributed by atoms with Crippen molar-refractivity contribution in [3.8, 4) is 0 Å². The number of nitrogens with zero attached hydrogens (tertiary/aromatic N) is 4. The molecule has 2 atom stereocenters. The number of hydrogen-bond donors (Lipinski definition) is 1. The summed E-state index contributed by atoms with van der Waals surface area (Å²) in [5.41, 5.74) is 6.76. The van der Waals surface area contributed by atoms with Crippen molar-refractivity contribution in [3.05, 3.63) is 47.8 Å². The van der Waals surface area contributed by atoms with Gasteiger partial charge in [-0.2, -0.15) is 0 Å². The maximum absolute atomic E-state index is 14.1. The number of nitrogens with two attached hydrogens (primary N) is 1. The highest BCUT2D eigenvalue weighted by molar-refractivity contribution is 5.23. The largest absolute Gasteiger partial charge is 0.326 e. The summed E-state index contributed by atoms with van der Waals surface area (Å²) in [4.78, 5) is 2.17. The molecule has 0 saturated carbocycles. The Morgan fingerprint density at radius 3 is 2.85 bits per heavy atom. The smallest absolute Gasteiger partial charge is 0.147 e. The number of hydrogen-bond acceptors (Lipinski definition) is 4. The van der Waals surface area contributed by atoms with Gasteiger partial charge in [0, 0.05) is 24.7 Å². The van der Waals surface area contributed by atoms with E-state index in [0.717, 1.165) is 18.9 Å². The van der Waals surface area contributed by atoms with Crippen molar-refractivity contribution in [1.29, 1.82) is 0 Å². The first-order valence-electron chi connectivity index (χ1n) is 6.77. The second-order valence-electron chi connectivity index (χ2n) is 5.24. The average molecular weight is 275 g/mol. The van der Waals surface area contributed by atoms with Crippen molar-refractivity contribution in [1.82, 2.24) is 19.7 Å². The van der Waals surface area contributed by atoms with Crippen LogP contribution in [0.4, 0.5) is 4.39 Å². The van der Waals surface area contributed by atoms with Crippen LogP contribution in [0, 0.1) is 5.82 Å². The van der Waals surface area contributed by atoms with E-state index in [1.165, 1.54) is 6.07 Å². The minimum Gasteiger partial charge on any atom is -0.326 e. The minimum absolute atomic E-state index is 0.151. The van der Waals surface area contributed by atoms with E-state index < -0.39 is 0 Å². The van der Waals surface area contributed by atoms with Crippen LogP contribution in [0.3, 0.4) is 0 Å². The topological polar surface area (TPSA) is 60.0 Å². The van der Waals surface area contributed by atoms with Crippen LogP contribution in [0.5, 0.6) is 0 Å². The first kappa shape index (κ1) is 13.2. The normalized spacial score (nSPS) is 18.6. The summed E-state index contributed by atoms with van der Waals surface area (Å²) in [5, 5.41) is 8.02. The second kappa shape index (κ2) is 5.30. The Morgan fingerprint density at radius 1 is 1.30 bits per heavy atom.